The molecule has 2 aromatic carbocycles. The Morgan fingerprint density at radius 3 is 2.57 bits per heavy atom. The zero-order chi connectivity index (χ0) is 33.6. The average molecular weight is 673 g/mol. The third kappa shape index (κ3) is 6.39. The molecule has 0 spiro atoms. The van der Waals surface area contributed by atoms with Crippen LogP contribution in [0.1, 0.15) is 59.0 Å². The summed E-state index contributed by atoms with van der Waals surface area (Å²) in [6.07, 6.45) is 9.91. The molecule has 1 saturated heterocycles. The summed E-state index contributed by atoms with van der Waals surface area (Å²) >= 11 is 6.05. The van der Waals surface area contributed by atoms with Crippen LogP contribution in [0.5, 0.6) is 0 Å². The number of terminal acetylenes is 1. The van der Waals surface area contributed by atoms with Crippen LogP contribution in [0.25, 0.3) is 21.8 Å². The Morgan fingerprint density at radius 1 is 1.13 bits per heavy atom. The summed E-state index contributed by atoms with van der Waals surface area (Å²) < 4.78 is 29.1. The van der Waals surface area contributed by atoms with Gasteiger partial charge in [0.05, 0.1) is 46.6 Å². The highest BCUT2D eigenvalue weighted by molar-refractivity contribution is 7.89. The van der Waals surface area contributed by atoms with Gasteiger partial charge in [0.15, 0.2) is 5.69 Å². The number of fused-ring (bicyclic) bond motifs is 2. The van der Waals surface area contributed by atoms with E-state index in [4.69, 9.17) is 23.0 Å². The lowest BCUT2D eigenvalue weighted by Crippen LogP contribution is -2.39. The third-order valence-corrected chi connectivity index (χ3v) is 9.15. The number of aryl methyl sites for hydroxylation is 1. The summed E-state index contributed by atoms with van der Waals surface area (Å²) in [7, 11) is -2.11. The molecule has 4 heterocycles. The first kappa shape index (κ1) is 32.0. The molecule has 5 aromatic rings. The Hall–Kier alpha value is -4.93. The zero-order valence-electron chi connectivity index (χ0n) is 26.3. The molecule has 1 amide bonds. The molecule has 14 heteroatoms. The van der Waals surface area contributed by atoms with E-state index in [1.165, 1.54) is 6.07 Å². The van der Waals surface area contributed by atoms with Gasteiger partial charge in [-0.15, -0.1) is 6.42 Å². The van der Waals surface area contributed by atoms with Crippen molar-refractivity contribution in [3.63, 3.8) is 0 Å². The van der Waals surface area contributed by atoms with Crippen molar-refractivity contribution in [3.8, 4) is 12.3 Å². The highest BCUT2D eigenvalue weighted by atomic mass is 35.5. The van der Waals surface area contributed by atoms with Crippen molar-refractivity contribution in [2.45, 2.75) is 38.8 Å². The van der Waals surface area contributed by atoms with E-state index >= 15 is 0 Å². The van der Waals surface area contributed by atoms with Gasteiger partial charge in [-0.1, -0.05) is 23.6 Å². The molecule has 1 aliphatic heterocycles. The first-order valence-corrected chi connectivity index (χ1v) is 17.2. The summed E-state index contributed by atoms with van der Waals surface area (Å²) in [5.74, 6) is 2.31. The molecule has 2 N–H and O–H groups in total. The first-order valence-electron chi connectivity index (χ1n) is 15.0. The molecule has 1 atom stereocenters. The lowest BCUT2D eigenvalue weighted by atomic mass is 10.0. The number of hydrogen-bond acceptors (Lipinski definition) is 9. The van der Waals surface area contributed by atoms with Gasteiger partial charge in [-0.3, -0.25) is 18.8 Å². The number of sulfonamides is 1. The van der Waals surface area contributed by atoms with E-state index in [9.17, 15) is 18.0 Å². The van der Waals surface area contributed by atoms with E-state index in [1.807, 2.05) is 55.1 Å². The van der Waals surface area contributed by atoms with Gasteiger partial charge < -0.3 is 10.2 Å². The second-order valence-corrected chi connectivity index (χ2v) is 14.0. The SMILES string of the molecule is C#Cc1ccc2c(cnn2C2CCN(c3nc4c([C@@H](C)Nc5ccc(Cl)nc5C(=O)NS(C)(=O)=O)cc(C)cc4c(=O)n3C)CC2)c1. The third-order valence-electron chi connectivity index (χ3n) is 8.38. The number of pyridine rings is 1. The molecule has 1 aliphatic rings. The molecule has 6 rings (SSSR count). The summed E-state index contributed by atoms with van der Waals surface area (Å²) in [6, 6.07) is 12.4. The van der Waals surface area contributed by atoms with E-state index in [1.54, 1.807) is 17.7 Å². The minimum absolute atomic E-state index is 0.0280. The number of carbonyl (C=O) groups excluding carboxylic acids is 1. The Balaban J connectivity index is 1.31. The van der Waals surface area contributed by atoms with Gasteiger partial charge in [0.1, 0.15) is 5.15 Å². The molecule has 3 aromatic heterocycles. The minimum atomic E-state index is -3.84. The van der Waals surface area contributed by atoms with Crippen molar-refractivity contribution in [1.82, 2.24) is 29.0 Å². The maximum atomic E-state index is 13.8. The quantitative estimate of drug-likeness (QED) is 0.191. The average Bonchev–Trinajstić information content (AvgIpc) is 3.46. The van der Waals surface area contributed by atoms with Crippen LogP contribution in [0.4, 0.5) is 11.6 Å². The van der Waals surface area contributed by atoms with Crippen molar-refractivity contribution in [1.29, 1.82) is 0 Å². The lowest BCUT2D eigenvalue weighted by Gasteiger charge is -2.34. The fourth-order valence-corrected chi connectivity index (χ4v) is 6.73. The Bertz CT molecular complexity index is 2270. The van der Waals surface area contributed by atoms with Crippen LogP contribution in [-0.2, 0) is 17.1 Å². The van der Waals surface area contributed by atoms with Crippen LogP contribution in [0.15, 0.2) is 53.5 Å². The van der Waals surface area contributed by atoms with Crippen molar-refractivity contribution in [2.75, 3.05) is 29.6 Å². The van der Waals surface area contributed by atoms with Crippen LogP contribution in [-0.4, -0.2) is 58.0 Å². The topological polar surface area (TPSA) is 144 Å². The van der Waals surface area contributed by atoms with Crippen LogP contribution in [0.3, 0.4) is 0 Å². The second-order valence-electron chi connectivity index (χ2n) is 11.9. The Kier molecular flexibility index (Phi) is 8.42. The van der Waals surface area contributed by atoms with Gasteiger partial charge in [0.2, 0.25) is 16.0 Å². The van der Waals surface area contributed by atoms with Crippen LogP contribution >= 0.6 is 11.6 Å². The van der Waals surface area contributed by atoms with Crippen LogP contribution in [0.2, 0.25) is 5.15 Å². The predicted molar refractivity (Wildman–Crippen MR) is 183 cm³/mol. The zero-order valence-corrected chi connectivity index (χ0v) is 27.9. The van der Waals surface area contributed by atoms with Gasteiger partial charge >= 0.3 is 0 Å². The standard InChI is InChI=1S/C33H33ClN8O4S/c1-6-21-7-9-27-22(17-21)18-35-42(27)23-11-13-41(14-12-23)33-38-29-24(15-19(2)16-25(29)32(44)40(33)4)20(3)36-26-8-10-28(34)37-30(26)31(43)39-47(5,45)46/h1,7-10,15-18,20,23,36H,11-14H2,2-5H3,(H,39,43)/t20-/m1/s1. The number of amides is 1. The number of halogens is 1. The number of aromatic nitrogens is 5. The smallest absolute Gasteiger partial charge is 0.285 e. The number of carbonyl (C=O) groups is 1. The predicted octanol–water partition coefficient (Wildman–Crippen LogP) is 4.33. The van der Waals surface area contributed by atoms with Crippen LogP contribution in [0, 0.1) is 19.3 Å². The first-order chi connectivity index (χ1) is 22.3. The fraction of sp³-hybridized carbons (Fsp3) is 0.303. The van der Waals surface area contributed by atoms with E-state index < -0.39 is 22.0 Å². The second kappa shape index (κ2) is 12.4. The number of benzene rings is 2. The largest absolute Gasteiger partial charge is 0.377 e. The number of anilines is 2. The Labute approximate surface area is 276 Å². The van der Waals surface area contributed by atoms with Gasteiger partial charge in [0.25, 0.3) is 11.5 Å². The van der Waals surface area contributed by atoms with Crippen LogP contribution < -0.4 is 20.5 Å². The molecule has 0 aliphatic carbocycles. The van der Waals surface area contributed by atoms with E-state index in [2.05, 4.69) is 30.9 Å². The molecule has 12 nitrogen and oxygen atoms in total. The van der Waals surface area contributed by atoms with Crippen molar-refractivity contribution >= 4 is 61.0 Å². The van der Waals surface area contributed by atoms with Gasteiger partial charge in [-0.2, -0.15) is 5.10 Å². The van der Waals surface area contributed by atoms with E-state index in [0.29, 0.717) is 29.9 Å². The number of nitrogens with one attached hydrogen (secondary N) is 2. The van der Waals surface area contributed by atoms with Gasteiger partial charge in [0, 0.05) is 36.7 Å². The summed E-state index contributed by atoms with van der Waals surface area (Å²) in [4.78, 5) is 37.8. The van der Waals surface area contributed by atoms with Crippen molar-refractivity contribution in [3.05, 3.63) is 86.6 Å². The molecule has 242 valence electrons. The minimum Gasteiger partial charge on any atom is -0.377 e. The molecule has 47 heavy (non-hydrogen) atoms. The molecule has 1 fully saturated rings. The van der Waals surface area contributed by atoms with Crippen molar-refractivity contribution < 1.29 is 13.2 Å². The number of piperidine rings is 1. The summed E-state index contributed by atoms with van der Waals surface area (Å²) in [5, 5.41) is 9.42. The number of nitrogens with zero attached hydrogens (tertiary/aromatic N) is 6. The summed E-state index contributed by atoms with van der Waals surface area (Å²) in [6.45, 7) is 5.11. The fourth-order valence-electron chi connectivity index (χ4n) is 6.15. The maximum absolute atomic E-state index is 13.8. The Morgan fingerprint density at radius 2 is 1.87 bits per heavy atom. The number of hydrogen-bond donors (Lipinski definition) is 2. The summed E-state index contributed by atoms with van der Waals surface area (Å²) in [5.41, 5.74) is 3.89. The number of rotatable bonds is 7. The highest BCUT2D eigenvalue weighted by Crippen LogP contribution is 2.32. The monoisotopic (exact) mass is 672 g/mol. The van der Waals surface area contributed by atoms with E-state index in [-0.39, 0.29) is 28.1 Å². The maximum Gasteiger partial charge on any atom is 0.285 e. The molecule has 0 saturated carbocycles. The van der Waals surface area contributed by atoms with Gasteiger partial charge in [-0.05, 0) is 68.7 Å². The van der Waals surface area contributed by atoms with Crippen molar-refractivity contribution in [2.24, 2.45) is 7.05 Å². The van der Waals surface area contributed by atoms with Gasteiger partial charge in [-0.25, -0.2) is 23.1 Å². The lowest BCUT2D eigenvalue weighted by molar-refractivity contribution is 0.0977. The molecule has 0 bridgehead atoms. The highest BCUT2D eigenvalue weighted by Gasteiger charge is 2.27. The molecule has 0 unspecified atom stereocenters. The van der Waals surface area contributed by atoms with E-state index in [0.717, 1.165) is 46.7 Å². The normalized spacial score (nSPS) is 14.7. The molecular formula is C33H33ClN8O4S. The molecule has 0 radical (unpaired) electrons. The molecular weight excluding hydrogens is 640 g/mol.